The third kappa shape index (κ3) is 3.23. The molecule has 0 bridgehead atoms. The minimum Gasteiger partial charge on any atom is -0.508 e. The number of hydrogen-bond donors (Lipinski definition) is 1. The van der Waals surface area contributed by atoms with E-state index in [0.29, 0.717) is 5.75 Å². The topological polar surface area (TPSA) is 23.5 Å². The van der Waals surface area contributed by atoms with Gasteiger partial charge in [0.25, 0.3) is 0 Å². The van der Waals surface area contributed by atoms with Crippen molar-refractivity contribution in [2.75, 3.05) is 13.1 Å². The molecule has 94 valence electrons. The van der Waals surface area contributed by atoms with Gasteiger partial charge in [0.1, 0.15) is 5.75 Å². The Morgan fingerprint density at radius 2 is 2.24 bits per heavy atom. The maximum absolute atomic E-state index is 9.82. The maximum Gasteiger partial charge on any atom is 0.120 e. The number of rotatable bonds is 3. The zero-order valence-corrected chi connectivity index (χ0v) is 12.1. The van der Waals surface area contributed by atoms with Crippen molar-refractivity contribution < 1.29 is 5.11 Å². The molecule has 1 saturated heterocycles. The van der Waals surface area contributed by atoms with Crippen LogP contribution in [-0.4, -0.2) is 23.1 Å². The first-order chi connectivity index (χ1) is 8.06. The van der Waals surface area contributed by atoms with Gasteiger partial charge in [0.05, 0.1) is 0 Å². The molecule has 1 aliphatic rings. The highest BCUT2D eigenvalue weighted by molar-refractivity contribution is 9.10. The van der Waals surface area contributed by atoms with Gasteiger partial charge in [0.15, 0.2) is 0 Å². The van der Waals surface area contributed by atoms with Gasteiger partial charge in [0.2, 0.25) is 0 Å². The molecular weight excluding hydrogens is 278 g/mol. The Morgan fingerprint density at radius 3 is 2.88 bits per heavy atom. The minimum absolute atomic E-state index is 0.404. The smallest absolute Gasteiger partial charge is 0.120 e. The van der Waals surface area contributed by atoms with Gasteiger partial charge in [-0.3, -0.25) is 4.90 Å². The predicted molar refractivity (Wildman–Crippen MR) is 74.0 cm³/mol. The van der Waals surface area contributed by atoms with Gasteiger partial charge in [0, 0.05) is 23.1 Å². The van der Waals surface area contributed by atoms with Gasteiger partial charge in [-0.05, 0) is 43.0 Å². The van der Waals surface area contributed by atoms with Crippen LogP contribution >= 0.6 is 15.9 Å². The number of nitrogens with zero attached hydrogens (tertiary/aromatic N) is 1. The SMILES string of the molecule is CC(C)C1CCN(Cc2cc(Br)ccc2O)C1. The van der Waals surface area contributed by atoms with Crippen LogP contribution in [0.3, 0.4) is 0 Å². The third-order valence-electron chi connectivity index (χ3n) is 3.69. The van der Waals surface area contributed by atoms with Crippen LogP contribution in [0, 0.1) is 11.8 Å². The number of phenolic OH excluding ortho intramolecular Hbond substituents is 1. The lowest BCUT2D eigenvalue weighted by Crippen LogP contribution is -2.21. The van der Waals surface area contributed by atoms with Crippen LogP contribution in [0.1, 0.15) is 25.8 Å². The summed E-state index contributed by atoms with van der Waals surface area (Å²) in [6.07, 6.45) is 1.28. The monoisotopic (exact) mass is 297 g/mol. The standard InChI is InChI=1S/C14H20BrNO/c1-10(2)11-5-6-16(8-11)9-12-7-13(15)3-4-14(12)17/h3-4,7,10-11,17H,5-6,8-9H2,1-2H3. The highest BCUT2D eigenvalue weighted by Gasteiger charge is 2.25. The van der Waals surface area contributed by atoms with Crippen LogP contribution < -0.4 is 0 Å². The molecule has 1 aromatic rings. The summed E-state index contributed by atoms with van der Waals surface area (Å²) >= 11 is 3.45. The molecule has 1 atom stereocenters. The number of likely N-dealkylation sites (tertiary alicyclic amines) is 1. The first-order valence-electron chi connectivity index (χ1n) is 6.26. The Balaban J connectivity index is 2.00. The Bertz CT molecular complexity index is 392. The van der Waals surface area contributed by atoms with E-state index >= 15 is 0 Å². The molecule has 0 amide bonds. The highest BCUT2D eigenvalue weighted by atomic mass is 79.9. The molecule has 0 aromatic heterocycles. The van der Waals surface area contributed by atoms with Crippen molar-refractivity contribution in [3.05, 3.63) is 28.2 Å². The maximum atomic E-state index is 9.82. The van der Waals surface area contributed by atoms with Gasteiger partial charge >= 0.3 is 0 Å². The molecule has 0 radical (unpaired) electrons. The van der Waals surface area contributed by atoms with Gasteiger partial charge in [-0.15, -0.1) is 0 Å². The predicted octanol–water partition coefficient (Wildman–Crippen LogP) is 3.63. The van der Waals surface area contributed by atoms with Crippen molar-refractivity contribution in [2.45, 2.75) is 26.8 Å². The average Bonchev–Trinajstić information content (AvgIpc) is 2.72. The zero-order valence-electron chi connectivity index (χ0n) is 10.5. The van der Waals surface area contributed by atoms with Crippen LogP contribution in [0.2, 0.25) is 0 Å². The zero-order chi connectivity index (χ0) is 12.4. The van der Waals surface area contributed by atoms with Gasteiger partial charge in [-0.2, -0.15) is 0 Å². The molecule has 1 unspecified atom stereocenters. The van der Waals surface area contributed by atoms with Crippen LogP contribution in [0.5, 0.6) is 5.75 Å². The normalized spacial score (nSPS) is 21.3. The van der Waals surface area contributed by atoms with E-state index in [0.717, 1.165) is 41.5 Å². The molecule has 1 aromatic carbocycles. The molecule has 0 spiro atoms. The van der Waals surface area contributed by atoms with Crippen LogP contribution in [0.4, 0.5) is 0 Å². The summed E-state index contributed by atoms with van der Waals surface area (Å²) in [7, 11) is 0. The number of hydrogen-bond acceptors (Lipinski definition) is 2. The van der Waals surface area contributed by atoms with Gasteiger partial charge in [-0.1, -0.05) is 29.8 Å². The Kier molecular flexibility index (Phi) is 4.10. The summed E-state index contributed by atoms with van der Waals surface area (Å²) in [5, 5.41) is 9.82. The van der Waals surface area contributed by atoms with Crippen molar-refractivity contribution in [1.82, 2.24) is 4.90 Å². The second-order valence-corrected chi connectivity index (χ2v) is 6.22. The summed E-state index contributed by atoms with van der Waals surface area (Å²) in [5.74, 6) is 1.97. The molecule has 2 nitrogen and oxygen atoms in total. The van der Waals surface area contributed by atoms with Crippen molar-refractivity contribution in [1.29, 1.82) is 0 Å². The van der Waals surface area contributed by atoms with E-state index in [1.807, 2.05) is 12.1 Å². The van der Waals surface area contributed by atoms with E-state index in [9.17, 15) is 5.11 Å². The Labute approximate surface area is 112 Å². The molecule has 0 saturated carbocycles. The molecule has 1 N–H and O–H groups in total. The Hall–Kier alpha value is -0.540. The van der Waals surface area contributed by atoms with E-state index in [2.05, 4.69) is 34.7 Å². The van der Waals surface area contributed by atoms with E-state index in [1.165, 1.54) is 6.42 Å². The summed E-state index contributed by atoms with van der Waals surface area (Å²) in [6, 6.07) is 5.65. The number of benzene rings is 1. The fourth-order valence-electron chi connectivity index (χ4n) is 2.47. The average molecular weight is 298 g/mol. The number of aromatic hydroxyl groups is 1. The second-order valence-electron chi connectivity index (χ2n) is 5.30. The second kappa shape index (κ2) is 5.40. The summed E-state index contributed by atoms with van der Waals surface area (Å²) in [6.45, 7) is 7.75. The largest absolute Gasteiger partial charge is 0.508 e. The van der Waals surface area contributed by atoms with Gasteiger partial charge < -0.3 is 5.11 Å². The summed E-state index contributed by atoms with van der Waals surface area (Å²) < 4.78 is 1.03. The highest BCUT2D eigenvalue weighted by Crippen LogP contribution is 2.28. The van der Waals surface area contributed by atoms with Crippen molar-refractivity contribution >= 4 is 15.9 Å². The fraction of sp³-hybridized carbons (Fsp3) is 0.571. The Morgan fingerprint density at radius 1 is 1.47 bits per heavy atom. The van der Waals surface area contributed by atoms with E-state index in [-0.39, 0.29) is 0 Å². The molecule has 3 heteroatoms. The molecule has 1 fully saturated rings. The first kappa shape index (κ1) is 12.9. The van der Waals surface area contributed by atoms with Crippen LogP contribution in [0.25, 0.3) is 0 Å². The summed E-state index contributed by atoms with van der Waals surface area (Å²) in [4.78, 5) is 2.44. The van der Waals surface area contributed by atoms with E-state index in [1.54, 1.807) is 6.07 Å². The molecule has 0 aliphatic carbocycles. The quantitative estimate of drug-likeness (QED) is 0.921. The van der Waals surface area contributed by atoms with E-state index < -0.39 is 0 Å². The molecular formula is C14H20BrNO. The molecule has 2 rings (SSSR count). The lowest BCUT2D eigenvalue weighted by molar-refractivity contribution is 0.292. The van der Waals surface area contributed by atoms with Crippen molar-refractivity contribution in [3.8, 4) is 5.75 Å². The lowest BCUT2D eigenvalue weighted by Gasteiger charge is -2.18. The summed E-state index contributed by atoms with van der Waals surface area (Å²) in [5.41, 5.74) is 1.02. The number of halogens is 1. The number of phenols is 1. The van der Waals surface area contributed by atoms with E-state index in [4.69, 9.17) is 0 Å². The fourth-order valence-corrected chi connectivity index (χ4v) is 2.88. The third-order valence-corrected chi connectivity index (χ3v) is 4.18. The molecule has 1 aliphatic heterocycles. The van der Waals surface area contributed by atoms with Crippen molar-refractivity contribution in [3.63, 3.8) is 0 Å². The van der Waals surface area contributed by atoms with Crippen LogP contribution in [0.15, 0.2) is 22.7 Å². The first-order valence-corrected chi connectivity index (χ1v) is 7.05. The van der Waals surface area contributed by atoms with Crippen LogP contribution in [-0.2, 0) is 6.54 Å². The van der Waals surface area contributed by atoms with Gasteiger partial charge in [-0.25, -0.2) is 0 Å². The minimum atomic E-state index is 0.404. The lowest BCUT2D eigenvalue weighted by atomic mass is 9.95. The van der Waals surface area contributed by atoms with Crippen molar-refractivity contribution in [2.24, 2.45) is 11.8 Å². The molecule has 17 heavy (non-hydrogen) atoms. The molecule has 1 heterocycles.